The van der Waals surface area contributed by atoms with Crippen molar-refractivity contribution in [2.75, 3.05) is 5.75 Å². The van der Waals surface area contributed by atoms with E-state index in [9.17, 15) is 4.79 Å². The topological polar surface area (TPSA) is 46.1 Å². The molecule has 1 aromatic carbocycles. The lowest BCUT2D eigenvalue weighted by Crippen LogP contribution is -2.48. The predicted molar refractivity (Wildman–Crippen MR) is 94.6 cm³/mol. The molecule has 1 aromatic heterocycles. The second-order valence-corrected chi connectivity index (χ2v) is 7.29. The van der Waals surface area contributed by atoms with E-state index in [0.29, 0.717) is 17.8 Å². The van der Waals surface area contributed by atoms with E-state index in [4.69, 9.17) is 0 Å². The van der Waals surface area contributed by atoms with Gasteiger partial charge in [0.05, 0.1) is 22.5 Å². The van der Waals surface area contributed by atoms with E-state index in [1.54, 1.807) is 0 Å². The molecule has 0 radical (unpaired) electrons. The van der Waals surface area contributed by atoms with Gasteiger partial charge in [-0.2, -0.15) is 0 Å². The number of fused-ring (bicyclic) bond motifs is 1. The molecule has 1 aliphatic rings. The summed E-state index contributed by atoms with van der Waals surface area (Å²) in [7, 11) is 0. The summed E-state index contributed by atoms with van der Waals surface area (Å²) in [4.78, 5) is 23.9. The number of carbonyl (C=O) groups excluding carboxylic acids is 1. The molecule has 23 heavy (non-hydrogen) atoms. The van der Waals surface area contributed by atoms with Crippen LogP contribution >= 0.6 is 11.8 Å². The maximum absolute atomic E-state index is 12.6. The van der Waals surface area contributed by atoms with Gasteiger partial charge in [-0.1, -0.05) is 23.9 Å². The smallest absolute Gasteiger partial charge is 0.233 e. The van der Waals surface area contributed by atoms with Crippen LogP contribution in [0.15, 0.2) is 29.3 Å². The van der Waals surface area contributed by atoms with E-state index in [1.165, 1.54) is 18.2 Å². The summed E-state index contributed by atoms with van der Waals surface area (Å²) < 4.78 is 0. The quantitative estimate of drug-likeness (QED) is 0.803. The summed E-state index contributed by atoms with van der Waals surface area (Å²) in [6.45, 7) is 6.26. The standard InChI is InChI=1S/C18H23N3OS/c1-12-7-6-8-13(2)21(12)17(22)11-23-18-14(3)19-15-9-4-5-10-16(15)20-18/h4-5,9-10,12-13H,6-8,11H2,1-3H3. The Bertz CT molecular complexity index is 708. The molecule has 1 aliphatic heterocycles. The summed E-state index contributed by atoms with van der Waals surface area (Å²) in [5.41, 5.74) is 2.67. The normalized spacial score (nSPS) is 21.6. The molecule has 0 N–H and O–H groups in total. The fourth-order valence-corrected chi connectivity index (χ4v) is 4.15. The van der Waals surface area contributed by atoms with Gasteiger partial charge in [0.15, 0.2) is 0 Å². The molecule has 2 unspecified atom stereocenters. The highest BCUT2D eigenvalue weighted by atomic mass is 32.2. The zero-order chi connectivity index (χ0) is 16.4. The molecular weight excluding hydrogens is 306 g/mol. The van der Waals surface area contributed by atoms with Gasteiger partial charge in [-0.3, -0.25) is 4.79 Å². The van der Waals surface area contributed by atoms with Crippen LogP contribution in [0.25, 0.3) is 11.0 Å². The van der Waals surface area contributed by atoms with Crippen molar-refractivity contribution in [3.8, 4) is 0 Å². The molecule has 0 spiro atoms. The third-order valence-corrected chi connectivity index (χ3v) is 5.57. The fourth-order valence-electron chi connectivity index (χ4n) is 3.33. The third-order valence-electron chi connectivity index (χ3n) is 4.52. The number of para-hydroxylation sites is 2. The summed E-state index contributed by atoms with van der Waals surface area (Å²) in [6.07, 6.45) is 3.43. The molecule has 0 saturated carbocycles. The second kappa shape index (κ2) is 6.87. The largest absolute Gasteiger partial charge is 0.337 e. The number of thioether (sulfide) groups is 1. The van der Waals surface area contributed by atoms with Crippen LogP contribution in [0, 0.1) is 6.92 Å². The van der Waals surface area contributed by atoms with Crippen LogP contribution in [-0.4, -0.2) is 38.6 Å². The molecule has 1 amide bonds. The number of amides is 1. The first-order chi connectivity index (χ1) is 11.1. The van der Waals surface area contributed by atoms with Gasteiger partial charge in [0, 0.05) is 12.1 Å². The molecule has 122 valence electrons. The lowest BCUT2D eigenvalue weighted by atomic mass is 9.98. The fraction of sp³-hybridized carbons (Fsp3) is 0.500. The van der Waals surface area contributed by atoms with Gasteiger partial charge in [-0.05, 0) is 52.2 Å². The van der Waals surface area contributed by atoms with Crippen LogP contribution in [0.3, 0.4) is 0 Å². The number of hydrogen-bond acceptors (Lipinski definition) is 4. The number of rotatable bonds is 3. The lowest BCUT2D eigenvalue weighted by Gasteiger charge is -2.39. The first-order valence-corrected chi connectivity index (χ1v) is 9.22. The number of likely N-dealkylation sites (tertiary alicyclic amines) is 1. The molecule has 1 saturated heterocycles. The van der Waals surface area contributed by atoms with Crippen molar-refractivity contribution in [3.63, 3.8) is 0 Å². The van der Waals surface area contributed by atoms with E-state index in [0.717, 1.165) is 34.6 Å². The van der Waals surface area contributed by atoms with Crippen LogP contribution in [0.4, 0.5) is 0 Å². The monoisotopic (exact) mass is 329 g/mol. The van der Waals surface area contributed by atoms with Crippen molar-refractivity contribution in [2.24, 2.45) is 0 Å². The van der Waals surface area contributed by atoms with Crippen LogP contribution in [0.2, 0.25) is 0 Å². The molecule has 5 heteroatoms. The lowest BCUT2D eigenvalue weighted by molar-refractivity contribution is -0.134. The average molecular weight is 329 g/mol. The van der Waals surface area contributed by atoms with Crippen molar-refractivity contribution in [1.29, 1.82) is 0 Å². The Labute approximate surface area is 141 Å². The van der Waals surface area contributed by atoms with Gasteiger partial charge < -0.3 is 4.90 Å². The number of aromatic nitrogens is 2. The van der Waals surface area contributed by atoms with Gasteiger partial charge in [0.1, 0.15) is 5.03 Å². The van der Waals surface area contributed by atoms with Crippen molar-refractivity contribution in [2.45, 2.75) is 57.1 Å². The van der Waals surface area contributed by atoms with Crippen molar-refractivity contribution < 1.29 is 4.79 Å². The predicted octanol–water partition coefficient (Wildman–Crippen LogP) is 3.82. The zero-order valence-electron chi connectivity index (χ0n) is 14.0. The average Bonchev–Trinajstić information content (AvgIpc) is 2.52. The summed E-state index contributed by atoms with van der Waals surface area (Å²) in [5.74, 6) is 0.645. The first-order valence-electron chi connectivity index (χ1n) is 8.23. The minimum absolute atomic E-state index is 0.212. The molecular formula is C18H23N3OS. The van der Waals surface area contributed by atoms with E-state index < -0.39 is 0 Å². The Kier molecular flexibility index (Phi) is 4.85. The molecule has 4 nitrogen and oxygen atoms in total. The van der Waals surface area contributed by atoms with Crippen molar-refractivity contribution >= 4 is 28.7 Å². The molecule has 0 bridgehead atoms. The molecule has 3 rings (SSSR count). The molecule has 0 aliphatic carbocycles. The van der Waals surface area contributed by atoms with E-state index >= 15 is 0 Å². The maximum Gasteiger partial charge on any atom is 0.233 e. The highest BCUT2D eigenvalue weighted by Crippen LogP contribution is 2.26. The molecule has 2 aromatic rings. The van der Waals surface area contributed by atoms with Gasteiger partial charge >= 0.3 is 0 Å². The van der Waals surface area contributed by atoms with Gasteiger partial charge in [0.25, 0.3) is 0 Å². The minimum Gasteiger partial charge on any atom is -0.337 e. The van der Waals surface area contributed by atoms with Crippen LogP contribution in [0.1, 0.15) is 38.8 Å². The molecule has 1 fully saturated rings. The van der Waals surface area contributed by atoms with E-state index in [-0.39, 0.29) is 5.91 Å². The number of piperidine rings is 1. The highest BCUT2D eigenvalue weighted by molar-refractivity contribution is 7.99. The number of benzene rings is 1. The Morgan fingerprint density at radius 1 is 1.17 bits per heavy atom. The molecule has 2 atom stereocenters. The Balaban J connectivity index is 1.72. The van der Waals surface area contributed by atoms with Crippen molar-refractivity contribution in [1.82, 2.24) is 14.9 Å². The van der Waals surface area contributed by atoms with Crippen molar-refractivity contribution in [3.05, 3.63) is 30.0 Å². The van der Waals surface area contributed by atoms with Crippen LogP contribution in [0.5, 0.6) is 0 Å². The first kappa shape index (κ1) is 16.2. The SMILES string of the molecule is Cc1nc2ccccc2nc1SCC(=O)N1C(C)CCCC1C. The minimum atomic E-state index is 0.212. The number of aryl methyl sites for hydroxylation is 1. The second-order valence-electron chi connectivity index (χ2n) is 6.32. The Morgan fingerprint density at radius 3 is 2.43 bits per heavy atom. The highest BCUT2D eigenvalue weighted by Gasteiger charge is 2.28. The third kappa shape index (κ3) is 3.50. The number of nitrogens with zero attached hydrogens (tertiary/aromatic N) is 3. The maximum atomic E-state index is 12.6. The Morgan fingerprint density at radius 2 is 1.78 bits per heavy atom. The number of hydrogen-bond donors (Lipinski definition) is 0. The van der Waals surface area contributed by atoms with E-state index in [2.05, 4.69) is 28.7 Å². The Hall–Kier alpha value is -1.62. The van der Waals surface area contributed by atoms with Gasteiger partial charge in [-0.15, -0.1) is 0 Å². The van der Waals surface area contributed by atoms with Crippen LogP contribution in [-0.2, 0) is 4.79 Å². The summed E-state index contributed by atoms with van der Waals surface area (Å²) in [5, 5.41) is 0.856. The van der Waals surface area contributed by atoms with E-state index in [1.807, 2.05) is 31.2 Å². The zero-order valence-corrected chi connectivity index (χ0v) is 14.8. The summed E-state index contributed by atoms with van der Waals surface area (Å²) in [6, 6.07) is 8.54. The number of carbonyl (C=O) groups is 1. The van der Waals surface area contributed by atoms with Crippen LogP contribution < -0.4 is 0 Å². The molecule has 2 heterocycles. The van der Waals surface area contributed by atoms with Gasteiger partial charge in [0.2, 0.25) is 5.91 Å². The summed E-state index contributed by atoms with van der Waals surface area (Å²) >= 11 is 1.50. The van der Waals surface area contributed by atoms with Gasteiger partial charge in [-0.25, -0.2) is 9.97 Å².